The zero-order valence-corrected chi connectivity index (χ0v) is 14.0. The topological polar surface area (TPSA) is 26.0 Å². The molecule has 0 amide bonds. The molecule has 0 aliphatic rings. The third-order valence-corrected chi connectivity index (χ3v) is 4.82. The van der Waals surface area contributed by atoms with Gasteiger partial charge in [-0.05, 0) is 21.9 Å². The van der Waals surface area contributed by atoms with Crippen molar-refractivity contribution in [1.29, 1.82) is 0 Å². The average Bonchev–Trinajstić information content (AvgIpc) is 2.64. The third kappa shape index (κ3) is 2.36. The maximum absolute atomic E-state index is 6.54. The van der Waals surface area contributed by atoms with Crippen LogP contribution in [-0.4, -0.2) is 0 Å². The van der Waals surface area contributed by atoms with Gasteiger partial charge in [-0.3, -0.25) is 0 Å². The Morgan fingerprint density at radius 2 is 0.958 bits per heavy atom. The zero-order valence-electron chi connectivity index (χ0n) is 13.1. The van der Waals surface area contributed by atoms with Gasteiger partial charge in [0, 0.05) is 16.0 Å². The largest absolute Gasteiger partial charge is 0.397 e. The Morgan fingerprint density at radius 3 is 1.50 bits per heavy atom. The highest BCUT2D eigenvalue weighted by atomic mass is 32.1. The molecule has 4 aromatic carbocycles. The lowest BCUT2D eigenvalue weighted by atomic mass is 9.90. The predicted molar refractivity (Wildman–Crippen MR) is 106 cm³/mol. The smallest absolute Gasteiger partial charge is 0.0542 e. The van der Waals surface area contributed by atoms with Gasteiger partial charge in [0.15, 0.2) is 0 Å². The molecule has 116 valence electrons. The summed E-state index contributed by atoms with van der Waals surface area (Å²) in [5.74, 6) is 0. The van der Waals surface area contributed by atoms with Gasteiger partial charge in [-0.25, -0.2) is 0 Å². The minimum Gasteiger partial charge on any atom is -0.397 e. The third-order valence-electron chi connectivity index (χ3n) is 4.35. The van der Waals surface area contributed by atoms with Crippen LogP contribution in [0.1, 0.15) is 0 Å². The maximum Gasteiger partial charge on any atom is 0.0542 e. The van der Waals surface area contributed by atoms with E-state index in [2.05, 4.69) is 48.5 Å². The molecule has 0 unspecified atom stereocenters. The minimum atomic E-state index is 0.724. The normalized spacial score (nSPS) is 10.9. The second kappa shape index (κ2) is 6.06. The van der Waals surface area contributed by atoms with E-state index in [0.717, 1.165) is 38.2 Å². The van der Waals surface area contributed by atoms with Gasteiger partial charge in [0.05, 0.1) is 5.69 Å². The van der Waals surface area contributed by atoms with Gasteiger partial charge in [0.2, 0.25) is 0 Å². The molecule has 2 N–H and O–H groups in total. The van der Waals surface area contributed by atoms with Crippen molar-refractivity contribution in [1.82, 2.24) is 0 Å². The summed E-state index contributed by atoms with van der Waals surface area (Å²) in [6.45, 7) is 0. The van der Waals surface area contributed by atoms with Crippen molar-refractivity contribution in [2.45, 2.75) is 4.90 Å². The van der Waals surface area contributed by atoms with Crippen LogP contribution in [0.3, 0.4) is 0 Å². The molecule has 0 aliphatic carbocycles. The highest BCUT2D eigenvalue weighted by Crippen LogP contribution is 2.44. The van der Waals surface area contributed by atoms with Gasteiger partial charge >= 0.3 is 0 Å². The molecule has 0 heterocycles. The SMILES string of the molecule is Nc1c(S)c(-c2ccccc2)c2ccccc2c1-c1ccccc1. The molecule has 0 atom stereocenters. The molecule has 24 heavy (non-hydrogen) atoms. The summed E-state index contributed by atoms with van der Waals surface area (Å²) < 4.78 is 0. The maximum atomic E-state index is 6.54. The van der Waals surface area contributed by atoms with Gasteiger partial charge < -0.3 is 5.73 Å². The molecule has 0 aliphatic heterocycles. The monoisotopic (exact) mass is 327 g/mol. The van der Waals surface area contributed by atoms with Crippen LogP contribution in [0.5, 0.6) is 0 Å². The van der Waals surface area contributed by atoms with E-state index < -0.39 is 0 Å². The summed E-state index contributed by atoms with van der Waals surface area (Å²) in [4.78, 5) is 0.832. The van der Waals surface area contributed by atoms with Crippen molar-refractivity contribution in [3.63, 3.8) is 0 Å². The molecular formula is C22H17NS. The standard InChI is InChI=1S/C22H17NS/c23-21-19(15-9-3-1-4-10-15)17-13-7-8-14-18(17)20(22(21)24)16-11-5-2-6-12-16/h1-14,24H,23H2. The summed E-state index contributed by atoms with van der Waals surface area (Å²) in [6, 6.07) is 29.0. The highest BCUT2D eigenvalue weighted by molar-refractivity contribution is 7.80. The Labute approximate surface area is 147 Å². The van der Waals surface area contributed by atoms with Crippen molar-refractivity contribution in [3.05, 3.63) is 84.9 Å². The summed E-state index contributed by atoms with van der Waals surface area (Å²) in [5, 5.41) is 2.32. The second-order valence-corrected chi connectivity index (χ2v) is 6.24. The Morgan fingerprint density at radius 1 is 0.542 bits per heavy atom. The quantitative estimate of drug-likeness (QED) is 0.340. The minimum absolute atomic E-state index is 0.724. The molecule has 2 heteroatoms. The van der Waals surface area contributed by atoms with E-state index in [1.165, 1.54) is 5.39 Å². The lowest BCUT2D eigenvalue weighted by molar-refractivity contribution is 1.48. The molecule has 0 fully saturated rings. The zero-order chi connectivity index (χ0) is 16.5. The van der Waals surface area contributed by atoms with Crippen molar-refractivity contribution in [3.8, 4) is 22.3 Å². The number of nitrogen functional groups attached to an aromatic ring is 1. The number of benzene rings is 4. The van der Waals surface area contributed by atoms with Crippen LogP contribution in [0.2, 0.25) is 0 Å². The number of hydrogen-bond donors (Lipinski definition) is 2. The van der Waals surface area contributed by atoms with E-state index in [0.29, 0.717) is 0 Å². The fourth-order valence-electron chi connectivity index (χ4n) is 3.26. The summed E-state index contributed by atoms with van der Waals surface area (Å²) in [7, 11) is 0. The van der Waals surface area contributed by atoms with E-state index in [-0.39, 0.29) is 0 Å². The second-order valence-electron chi connectivity index (χ2n) is 5.79. The Hall–Kier alpha value is -2.71. The molecular weight excluding hydrogens is 310 g/mol. The van der Waals surface area contributed by atoms with Crippen LogP contribution in [0, 0.1) is 0 Å². The summed E-state index contributed by atoms with van der Waals surface area (Å²) >= 11 is 4.79. The predicted octanol–water partition coefficient (Wildman–Crippen LogP) is 6.04. The van der Waals surface area contributed by atoms with E-state index in [4.69, 9.17) is 18.4 Å². The van der Waals surface area contributed by atoms with Gasteiger partial charge in [-0.15, -0.1) is 12.6 Å². The number of anilines is 1. The summed E-state index contributed by atoms with van der Waals surface area (Å²) in [6.07, 6.45) is 0. The van der Waals surface area contributed by atoms with Gasteiger partial charge in [-0.2, -0.15) is 0 Å². The van der Waals surface area contributed by atoms with Crippen LogP contribution in [0.15, 0.2) is 89.8 Å². The van der Waals surface area contributed by atoms with E-state index >= 15 is 0 Å². The van der Waals surface area contributed by atoms with E-state index in [9.17, 15) is 0 Å². The Balaban J connectivity index is 2.14. The molecule has 0 saturated heterocycles. The molecule has 0 spiro atoms. The van der Waals surface area contributed by atoms with Gasteiger partial charge in [0.25, 0.3) is 0 Å². The number of fused-ring (bicyclic) bond motifs is 1. The van der Waals surface area contributed by atoms with Crippen molar-refractivity contribution in [2.75, 3.05) is 5.73 Å². The van der Waals surface area contributed by atoms with Crippen LogP contribution < -0.4 is 5.73 Å². The first kappa shape index (κ1) is 14.9. The molecule has 0 saturated carbocycles. The van der Waals surface area contributed by atoms with E-state index in [1.807, 2.05) is 36.4 Å². The van der Waals surface area contributed by atoms with Crippen LogP contribution in [-0.2, 0) is 0 Å². The first-order chi connectivity index (χ1) is 11.8. The van der Waals surface area contributed by atoms with Crippen molar-refractivity contribution < 1.29 is 0 Å². The lowest BCUT2D eigenvalue weighted by Gasteiger charge is -2.18. The van der Waals surface area contributed by atoms with Crippen LogP contribution in [0.4, 0.5) is 5.69 Å². The van der Waals surface area contributed by atoms with Crippen LogP contribution >= 0.6 is 12.6 Å². The summed E-state index contributed by atoms with van der Waals surface area (Å²) in [5.41, 5.74) is 11.6. The molecule has 4 rings (SSSR count). The van der Waals surface area contributed by atoms with Gasteiger partial charge in [0.1, 0.15) is 0 Å². The fourth-order valence-corrected chi connectivity index (χ4v) is 3.62. The number of hydrogen-bond acceptors (Lipinski definition) is 2. The molecule has 4 aromatic rings. The highest BCUT2D eigenvalue weighted by Gasteiger charge is 2.17. The average molecular weight is 327 g/mol. The van der Waals surface area contributed by atoms with Crippen molar-refractivity contribution in [2.24, 2.45) is 0 Å². The fraction of sp³-hybridized carbons (Fsp3) is 0. The van der Waals surface area contributed by atoms with E-state index in [1.54, 1.807) is 0 Å². The number of rotatable bonds is 2. The molecule has 1 nitrogen and oxygen atoms in total. The Bertz CT molecular complexity index is 924. The molecule has 0 radical (unpaired) electrons. The van der Waals surface area contributed by atoms with Crippen molar-refractivity contribution >= 4 is 29.1 Å². The Kier molecular flexibility index (Phi) is 3.75. The number of nitrogens with two attached hydrogens (primary N) is 1. The molecule has 0 bridgehead atoms. The van der Waals surface area contributed by atoms with Gasteiger partial charge in [-0.1, -0.05) is 84.9 Å². The first-order valence-corrected chi connectivity index (χ1v) is 8.36. The first-order valence-electron chi connectivity index (χ1n) is 7.91. The van der Waals surface area contributed by atoms with Crippen LogP contribution in [0.25, 0.3) is 33.0 Å². The lowest BCUT2D eigenvalue weighted by Crippen LogP contribution is -1.97. The molecule has 0 aromatic heterocycles. The number of thiol groups is 1.